The van der Waals surface area contributed by atoms with Crippen LogP contribution in [-0.2, 0) is 6.42 Å². The third kappa shape index (κ3) is 1.52. The third-order valence-electron chi connectivity index (χ3n) is 2.91. The Morgan fingerprint density at radius 2 is 2.20 bits per heavy atom. The molecular formula is C11H14BrNO2. The summed E-state index contributed by atoms with van der Waals surface area (Å²) in [6, 6.07) is 1.95. The van der Waals surface area contributed by atoms with Gasteiger partial charge in [0, 0.05) is 17.0 Å². The van der Waals surface area contributed by atoms with Crippen LogP contribution >= 0.6 is 15.9 Å². The van der Waals surface area contributed by atoms with Crippen LogP contribution in [0.5, 0.6) is 11.5 Å². The molecule has 0 saturated heterocycles. The van der Waals surface area contributed by atoms with Gasteiger partial charge in [0.05, 0.1) is 18.7 Å². The molecule has 15 heavy (non-hydrogen) atoms. The summed E-state index contributed by atoms with van der Waals surface area (Å²) in [5.74, 6) is 2.22. The van der Waals surface area contributed by atoms with Crippen molar-refractivity contribution < 1.29 is 9.47 Å². The maximum atomic E-state index is 5.70. The van der Waals surface area contributed by atoms with Crippen molar-refractivity contribution in [2.75, 3.05) is 20.8 Å². The van der Waals surface area contributed by atoms with E-state index in [1.807, 2.05) is 6.07 Å². The lowest BCUT2D eigenvalue weighted by Gasteiger charge is -2.33. The van der Waals surface area contributed by atoms with Gasteiger partial charge in [-0.15, -0.1) is 0 Å². The van der Waals surface area contributed by atoms with Gasteiger partial charge in [-0.3, -0.25) is 0 Å². The normalized spacial score (nSPS) is 18.0. The number of hydrogen-bond donors (Lipinski definition) is 1. The first-order valence-corrected chi connectivity index (χ1v) is 5.65. The number of halogens is 1. The van der Waals surface area contributed by atoms with E-state index < -0.39 is 0 Å². The molecule has 0 amide bonds. The molecule has 1 unspecified atom stereocenters. The highest BCUT2D eigenvalue weighted by atomic mass is 79.9. The van der Waals surface area contributed by atoms with E-state index in [0.717, 1.165) is 22.4 Å². The van der Waals surface area contributed by atoms with Crippen LogP contribution in [0.3, 0.4) is 0 Å². The van der Waals surface area contributed by atoms with Crippen molar-refractivity contribution in [1.29, 1.82) is 0 Å². The fourth-order valence-electron chi connectivity index (χ4n) is 2.12. The highest BCUT2D eigenvalue weighted by Crippen LogP contribution is 2.49. The second-order valence-electron chi connectivity index (χ2n) is 3.62. The van der Waals surface area contributed by atoms with Crippen LogP contribution in [0.2, 0.25) is 0 Å². The monoisotopic (exact) mass is 271 g/mol. The molecule has 2 N–H and O–H groups in total. The molecule has 3 nitrogen and oxygen atoms in total. The van der Waals surface area contributed by atoms with Crippen LogP contribution in [0.25, 0.3) is 0 Å². The molecule has 1 aliphatic rings. The van der Waals surface area contributed by atoms with Crippen LogP contribution < -0.4 is 15.2 Å². The number of fused-ring (bicyclic) bond motifs is 1. The number of rotatable bonds is 3. The Kier molecular flexibility index (Phi) is 2.89. The van der Waals surface area contributed by atoms with Crippen LogP contribution in [-0.4, -0.2) is 20.8 Å². The summed E-state index contributed by atoms with van der Waals surface area (Å²) in [5, 5.41) is 0. The minimum absolute atomic E-state index is 0.404. The molecule has 1 aromatic carbocycles. The molecule has 82 valence electrons. The minimum atomic E-state index is 0.404. The summed E-state index contributed by atoms with van der Waals surface area (Å²) in [4.78, 5) is 0. The number of benzene rings is 1. The van der Waals surface area contributed by atoms with E-state index in [9.17, 15) is 0 Å². The molecule has 0 aliphatic heterocycles. The van der Waals surface area contributed by atoms with Gasteiger partial charge in [-0.05, 0) is 35.0 Å². The zero-order valence-corrected chi connectivity index (χ0v) is 10.4. The molecule has 1 aliphatic carbocycles. The van der Waals surface area contributed by atoms with E-state index in [1.54, 1.807) is 14.2 Å². The first-order chi connectivity index (χ1) is 7.22. The Hall–Kier alpha value is -0.740. The summed E-state index contributed by atoms with van der Waals surface area (Å²) in [6.07, 6.45) is 0.985. The quantitative estimate of drug-likeness (QED) is 0.916. The Bertz CT molecular complexity index is 393. The summed E-state index contributed by atoms with van der Waals surface area (Å²) >= 11 is 3.48. The molecule has 0 fully saturated rings. The topological polar surface area (TPSA) is 44.5 Å². The van der Waals surface area contributed by atoms with Crippen molar-refractivity contribution in [1.82, 2.24) is 0 Å². The Morgan fingerprint density at radius 1 is 1.47 bits per heavy atom. The predicted molar refractivity (Wildman–Crippen MR) is 62.7 cm³/mol. The highest BCUT2D eigenvalue weighted by molar-refractivity contribution is 9.10. The standard InChI is InChI=1S/C11H14BrNO2/c1-14-9-4-8(12)11(15-2)10-6(5-13)3-7(9)10/h4,6H,3,5,13H2,1-2H3. The zero-order valence-electron chi connectivity index (χ0n) is 8.84. The fourth-order valence-corrected chi connectivity index (χ4v) is 2.70. The van der Waals surface area contributed by atoms with Gasteiger partial charge in [-0.2, -0.15) is 0 Å². The maximum absolute atomic E-state index is 5.70. The van der Waals surface area contributed by atoms with Crippen LogP contribution in [0, 0.1) is 0 Å². The Labute approximate surface area is 97.7 Å². The first kappa shape index (κ1) is 10.8. The first-order valence-electron chi connectivity index (χ1n) is 4.86. The van der Waals surface area contributed by atoms with E-state index >= 15 is 0 Å². The van der Waals surface area contributed by atoms with Gasteiger partial charge in [0.15, 0.2) is 0 Å². The summed E-state index contributed by atoms with van der Waals surface area (Å²) in [5.41, 5.74) is 8.13. The average molecular weight is 272 g/mol. The molecule has 1 aromatic rings. The van der Waals surface area contributed by atoms with E-state index in [1.165, 1.54) is 11.1 Å². The molecule has 0 saturated carbocycles. The van der Waals surface area contributed by atoms with Gasteiger partial charge in [0.2, 0.25) is 0 Å². The average Bonchev–Trinajstić information content (AvgIpc) is 2.21. The van der Waals surface area contributed by atoms with E-state index in [0.29, 0.717) is 12.5 Å². The lowest BCUT2D eigenvalue weighted by molar-refractivity contribution is 0.374. The summed E-state index contributed by atoms with van der Waals surface area (Å²) < 4.78 is 11.6. The molecule has 0 bridgehead atoms. The molecular weight excluding hydrogens is 258 g/mol. The lowest BCUT2D eigenvalue weighted by atomic mass is 9.76. The van der Waals surface area contributed by atoms with E-state index in [-0.39, 0.29) is 0 Å². The third-order valence-corrected chi connectivity index (χ3v) is 3.50. The molecule has 4 heteroatoms. The Morgan fingerprint density at radius 3 is 2.73 bits per heavy atom. The van der Waals surface area contributed by atoms with Crippen molar-refractivity contribution >= 4 is 15.9 Å². The zero-order chi connectivity index (χ0) is 11.0. The summed E-state index contributed by atoms with van der Waals surface area (Å²) in [7, 11) is 3.36. The van der Waals surface area contributed by atoms with Gasteiger partial charge in [-0.1, -0.05) is 0 Å². The number of ether oxygens (including phenoxy) is 2. The lowest BCUT2D eigenvalue weighted by Crippen LogP contribution is -2.26. The Balaban J connectivity index is 2.55. The fraction of sp³-hybridized carbons (Fsp3) is 0.455. The van der Waals surface area contributed by atoms with Gasteiger partial charge >= 0.3 is 0 Å². The van der Waals surface area contributed by atoms with Crippen LogP contribution in [0.4, 0.5) is 0 Å². The molecule has 0 radical (unpaired) electrons. The predicted octanol–water partition coefficient (Wildman–Crippen LogP) is 2.06. The van der Waals surface area contributed by atoms with Crippen molar-refractivity contribution in [3.05, 3.63) is 21.7 Å². The SMILES string of the molecule is COc1cc(Br)c(OC)c2c1CC2CN. The van der Waals surface area contributed by atoms with Gasteiger partial charge in [-0.25, -0.2) is 0 Å². The molecule has 2 rings (SSSR count). The number of nitrogens with two attached hydrogens (primary N) is 1. The van der Waals surface area contributed by atoms with Crippen LogP contribution in [0.1, 0.15) is 17.0 Å². The van der Waals surface area contributed by atoms with Crippen molar-refractivity contribution in [3.8, 4) is 11.5 Å². The smallest absolute Gasteiger partial charge is 0.137 e. The van der Waals surface area contributed by atoms with Crippen LogP contribution in [0.15, 0.2) is 10.5 Å². The summed E-state index contributed by atoms with van der Waals surface area (Å²) in [6.45, 7) is 0.656. The second-order valence-corrected chi connectivity index (χ2v) is 4.48. The van der Waals surface area contributed by atoms with Crippen molar-refractivity contribution in [3.63, 3.8) is 0 Å². The van der Waals surface area contributed by atoms with Gasteiger partial charge < -0.3 is 15.2 Å². The number of hydrogen-bond acceptors (Lipinski definition) is 3. The van der Waals surface area contributed by atoms with Crippen molar-refractivity contribution in [2.45, 2.75) is 12.3 Å². The van der Waals surface area contributed by atoms with Gasteiger partial charge in [0.25, 0.3) is 0 Å². The van der Waals surface area contributed by atoms with E-state index in [4.69, 9.17) is 15.2 Å². The molecule has 0 aromatic heterocycles. The molecule has 0 spiro atoms. The van der Waals surface area contributed by atoms with Crippen molar-refractivity contribution in [2.24, 2.45) is 5.73 Å². The van der Waals surface area contributed by atoms with Gasteiger partial charge in [0.1, 0.15) is 11.5 Å². The minimum Gasteiger partial charge on any atom is -0.496 e. The molecule has 1 atom stereocenters. The highest BCUT2D eigenvalue weighted by Gasteiger charge is 2.33. The molecule has 0 heterocycles. The van der Waals surface area contributed by atoms with E-state index in [2.05, 4.69) is 15.9 Å². The number of methoxy groups -OCH3 is 2. The maximum Gasteiger partial charge on any atom is 0.137 e. The largest absolute Gasteiger partial charge is 0.496 e. The second kappa shape index (κ2) is 4.02.